The zero-order chi connectivity index (χ0) is 16.9. The first-order chi connectivity index (χ1) is 11.7. The molecule has 0 bridgehead atoms. The fraction of sp³-hybridized carbons (Fsp3) is 0.550. The van der Waals surface area contributed by atoms with Crippen molar-refractivity contribution < 1.29 is 9.47 Å². The minimum atomic E-state index is 0.207. The standard InChI is InChI=1S/C20H28N2O2/c1-15(2)24-20-9-8-16(12-21-20)13-22-11-10-17(14-22)18-6-4-5-7-19(18)23-3/h4-8,15,17H,9-14H2,1-3H3. The number of methoxy groups -OCH3 is 1. The number of nitrogens with zero attached hydrogens (tertiary/aromatic N) is 2. The summed E-state index contributed by atoms with van der Waals surface area (Å²) in [5.74, 6) is 2.46. The summed E-state index contributed by atoms with van der Waals surface area (Å²) in [5, 5.41) is 0. The Morgan fingerprint density at radius 1 is 1.29 bits per heavy atom. The average molecular weight is 328 g/mol. The number of ether oxygens (including phenoxy) is 2. The number of aliphatic imine (C=N–C) groups is 1. The third-order valence-electron chi connectivity index (χ3n) is 4.67. The van der Waals surface area contributed by atoms with Gasteiger partial charge in [-0.2, -0.15) is 0 Å². The number of para-hydroxylation sites is 1. The molecular weight excluding hydrogens is 300 g/mol. The molecule has 1 aromatic rings. The van der Waals surface area contributed by atoms with Gasteiger partial charge in [0.05, 0.1) is 19.8 Å². The van der Waals surface area contributed by atoms with Crippen molar-refractivity contribution in [1.29, 1.82) is 0 Å². The molecule has 3 rings (SSSR count). The van der Waals surface area contributed by atoms with E-state index in [0.29, 0.717) is 5.92 Å². The van der Waals surface area contributed by atoms with Crippen LogP contribution in [0.5, 0.6) is 5.75 Å². The van der Waals surface area contributed by atoms with Gasteiger partial charge in [-0.05, 0) is 44.0 Å². The molecule has 4 heteroatoms. The van der Waals surface area contributed by atoms with E-state index in [1.807, 2.05) is 19.9 Å². The molecule has 1 fully saturated rings. The quantitative estimate of drug-likeness (QED) is 0.774. The zero-order valence-corrected chi connectivity index (χ0v) is 15.0. The molecule has 4 nitrogen and oxygen atoms in total. The van der Waals surface area contributed by atoms with Crippen molar-refractivity contribution in [2.24, 2.45) is 4.99 Å². The van der Waals surface area contributed by atoms with Gasteiger partial charge in [0.15, 0.2) is 5.90 Å². The van der Waals surface area contributed by atoms with Gasteiger partial charge >= 0.3 is 0 Å². The highest BCUT2D eigenvalue weighted by Crippen LogP contribution is 2.33. The van der Waals surface area contributed by atoms with Gasteiger partial charge in [0.2, 0.25) is 0 Å². The molecule has 0 saturated carbocycles. The molecule has 0 radical (unpaired) electrons. The first-order valence-electron chi connectivity index (χ1n) is 8.89. The van der Waals surface area contributed by atoms with Crippen LogP contribution in [0.25, 0.3) is 0 Å². The molecule has 0 amide bonds. The Morgan fingerprint density at radius 3 is 2.83 bits per heavy atom. The van der Waals surface area contributed by atoms with E-state index in [0.717, 1.165) is 44.2 Å². The highest BCUT2D eigenvalue weighted by atomic mass is 16.5. The lowest BCUT2D eigenvalue weighted by Crippen LogP contribution is -2.25. The van der Waals surface area contributed by atoms with Crippen molar-refractivity contribution in [2.75, 3.05) is 33.3 Å². The summed E-state index contributed by atoms with van der Waals surface area (Å²) < 4.78 is 11.2. The predicted molar refractivity (Wildman–Crippen MR) is 98.0 cm³/mol. The second kappa shape index (κ2) is 7.84. The fourth-order valence-electron chi connectivity index (χ4n) is 3.54. The fourth-order valence-corrected chi connectivity index (χ4v) is 3.54. The minimum absolute atomic E-state index is 0.207. The molecule has 0 aliphatic carbocycles. The predicted octanol–water partition coefficient (Wildman–Crippen LogP) is 3.64. The summed E-state index contributed by atoms with van der Waals surface area (Å²) in [6.07, 6.45) is 4.52. The van der Waals surface area contributed by atoms with E-state index in [4.69, 9.17) is 9.47 Å². The van der Waals surface area contributed by atoms with Crippen LogP contribution in [0.4, 0.5) is 0 Å². The summed E-state index contributed by atoms with van der Waals surface area (Å²) in [4.78, 5) is 7.11. The maximum Gasteiger partial charge on any atom is 0.187 e. The normalized spacial score (nSPS) is 21.6. The topological polar surface area (TPSA) is 34.1 Å². The van der Waals surface area contributed by atoms with Crippen LogP contribution in [0.3, 0.4) is 0 Å². The summed E-state index contributed by atoms with van der Waals surface area (Å²) in [5.41, 5.74) is 2.75. The maximum absolute atomic E-state index is 5.69. The van der Waals surface area contributed by atoms with Crippen molar-refractivity contribution in [2.45, 2.75) is 38.7 Å². The summed E-state index contributed by atoms with van der Waals surface area (Å²) in [6, 6.07) is 8.41. The Bertz CT molecular complexity index is 622. The van der Waals surface area contributed by atoms with Crippen LogP contribution < -0.4 is 4.74 Å². The van der Waals surface area contributed by atoms with Crippen molar-refractivity contribution in [3.05, 3.63) is 41.5 Å². The number of likely N-dealkylation sites (tertiary alicyclic amines) is 1. The van der Waals surface area contributed by atoms with E-state index in [1.165, 1.54) is 17.6 Å². The largest absolute Gasteiger partial charge is 0.496 e. The van der Waals surface area contributed by atoms with Crippen molar-refractivity contribution >= 4 is 5.90 Å². The molecule has 1 saturated heterocycles. The van der Waals surface area contributed by atoms with Crippen molar-refractivity contribution in [3.63, 3.8) is 0 Å². The van der Waals surface area contributed by atoms with Crippen molar-refractivity contribution in [3.8, 4) is 5.75 Å². The molecule has 1 atom stereocenters. The minimum Gasteiger partial charge on any atom is -0.496 e. The van der Waals surface area contributed by atoms with E-state index >= 15 is 0 Å². The molecule has 0 spiro atoms. The van der Waals surface area contributed by atoms with Crippen LogP contribution in [0, 0.1) is 0 Å². The van der Waals surface area contributed by atoms with Gasteiger partial charge in [0, 0.05) is 25.4 Å². The second-order valence-electron chi connectivity index (χ2n) is 6.91. The van der Waals surface area contributed by atoms with E-state index in [-0.39, 0.29) is 6.10 Å². The molecule has 24 heavy (non-hydrogen) atoms. The Labute approximate surface area is 145 Å². The lowest BCUT2D eigenvalue weighted by molar-refractivity contribution is 0.222. The third-order valence-corrected chi connectivity index (χ3v) is 4.67. The number of rotatable bonds is 5. The molecule has 1 unspecified atom stereocenters. The van der Waals surface area contributed by atoms with Gasteiger partial charge < -0.3 is 9.47 Å². The Kier molecular flexibility index (Phi) is 5.56. The van der Waals surface area contributed by atoms with Gasteiger partial charge in [-0.25, -0.2) is 0 Å². The smallest absolute Gasteiger partial charge is 0.187 e. The second-order valence-corrected chi connectivity index (χ2v) is 6.91. The van der Waals surface area contributed by atoms with Gasteiger partial charge in [-0.1, -0.05) is 24.3 Å². The van der Waals surface area contributed by atoms with Gasteiger partial charge in [0.25, 0.3) is 0 Å². The van der Waals surface area contributed by atoms with Crippen LogP contribution in [0.1, 0.15) is 38.2 Å². The Balaban J connectivity index is 1.53. The highest BCUT2D eigenvalue weighted by molar-refractivity contribution is 5.79. The number of hydrogen-bond donors (Lipinski definition) is 0. The summed E-state index contributed by atoms with van der Waals surface area (Å²) >= 11 is 0. The number of dihydropyridines is 1. The first kappa shape index (κ1) is 17.0. The van der Waals surface area contributed by atoms with Crippen LogP contribution >= 0.6 is 0 Å². The van der Waals surface area contributed by atoms with Crippen molar-refractivity contribution in [1.82, 2.24) is 4.90 Å². The lowest BCUT2D eigenvalue weighted by Gasteiger charge is -2.21. The monoisotopic (exact) mass is 328 g/mol. The summed E-state index contributed by atoms with van der Waals surface area (Å²) in [7, 11) is 1.76. The molecule has 0 N–H and O–H groups in total. The molecule has 2 aliphatic heterocycles. The number of benzene rings is 1. The molecule has 2 aliphatic rings. The zero-order valence-electron chi connectivity index (χ0n) is 15.0. The maximum atomic E-state index is 5.69. The van der Waals surface area contributed by atoms with E-state index in [2.05, 4.69) is 34.2 Å². The summed E-state index contributed by atoms with van der Waals surface area (Å²) in [6.45, 7) is 8.12. The van der Waals surface area contributed by atoms with Gasteiger partial charge in [-0.3, -0.25) is 9.89 Å². The highest BCUT2D eigenvalue weighted by Gasteiger charge is 2.26. The first-order valence-corrected chi connectivity index (χ1v) is 8.89. The van der Waals surface area contributed by atoms with Gasteiger partial charge in [-0.15, -0.1) is 0 Å². The van der Waals surface area contributed by atoms with Crippen LogP contribution in [-0.2, 0) is 4.74 Å². The van der Waals surface area contributed by atoms with E-state index in [9.17, 15) is 0 Å². The Morgan fingerprint density at radius 2 is 2.12 bits per heavy atom. The van der Waals surface area contributed by atoms with Gasteiger partial charge in [0.1, 0.15) is 5.75 Å². The molecule has 0 aromatic heterocycles. The SMILES string of the molecule is COc1ccccc1C1CCN(CC2=CCC(OC(C)C)=NC2)C1. The lowest BCUT2D eigenvalue weighted by atomic mass is 9.97. The number of hydrogen-bond acceptors (Lipinski definition) is 4. The van der Waals surface area contributed by atoms with Crippen LogP contribution in [0.15, 0.2) is 40.9 Å². The van der Waals surface area contributed by atoms with E-state index < -0.39 is 0 Å². The average Bonchev–Trinajstić information content (AvgIpc) is 3.04. The Hall–Kier alpha value is -1.81. The molecule has 2 heterocycles. The van der Waals surface area contributed by atoms with Crippen LogP contribution in [0.2, 0.25) is 0 Å². The van der Waals surface area contributed by atoms with E-state index in [1.54, 1.807) is 7.11 Å². The molecule has 130 valence electrons. The molecule has 1 aromatic carbocycles. The third kappa shape index (κ3) is 4.18. The molecular formula is C20H28N2O2. The van der Waals surface area contributed by atoms with Crippen LogP contribution in [-0.4, -0.2) is 50.2 Å².